The minimum absolute atomic E-state index is 0.0192. The standard InChI is InChI=1S/C26H30N6OS/c1-18-11-12-23(15-19(18)2)32-25(22-9-6-5-7-10-22)28-29-26(32)34-17-24(33)27-13-8-14-31-21(4)16-20(3)30-31/h5-7,9-12,15-16H,8,13-14,17H2,1-4H3,(H,27,33). The number of nitrogens with one attached hydrogen (secondary N) is 1. The Balaban J connectivity index is 1.43. The van der Waals surface area contributed by atoms with Crippen molar-refractivity contribution in [1.29, 1.82) is 0 Å². The van der Waals surface area contributed by atoms with Gasteiger partial charge in [0.05, 0.1) is 17.1 Å². The van der Waals surface area contributed by atoms with E-state index < -0.39 is 0 Å². The number of thioether (sulfide) groups is 1. The van der Waals surface area contributed by atoms with Crippen LogP contribution in [0.15, 0.2) is 59.8 Å². The van der Waals surface area contributed by atoms with Crippen LogP contribution >= 0.6 is 11.8 Å². The molecule has 0 saturated heterocycles. The molecule has 7 nitrogen and oxygen atoms in total. The normalized spacial score (nSPS) is 11.1. The third-order valence-corrected chi connectivity index (χ3v) is 6.65. The minimum atomic E-state index is -0.0192. The second kappa shape index (κ2) is 10.7. The molecule has 0 fully saturated rings. The molecule has 4 aromatic rings. The van der Waals surface area contributed by atoms with E-state index >= 15 is 0 Å². The van der Waals surface area contributed by atoms with Gasteiger partial charge in [-0.25, -0.2) is 0 Å². The predicted octanol–water partition coefficient (Wildman–Crippen LogP) is 4.66. The fraction of sp³-hybridized carbons (Fsp3) is 0.308. The average molecular weight is 475 g/mol. The molecule has 0 spiro atoms. The third kappa shape index (κ3) is 5.56. The monoisotopic (exact) mass is 474 g/mol. The first-order valence-electron chi connectivity index (χ1n) is 11.4. The van der Waals surface area contributed by atoms with Gasteiger partial charge in [0, 0.05) is 24.3 Å². The number of benzene rings is 2. The first kappa shape index (κ1) is 23.8. The first-order valence-corrected chi connectivity index (χ1v) is 12.4. The van der Waals surface area contributed by atoms with E-state index in [-0.39, 0.29) is 11.7 Å². The lowest BCUT2D eigenvalue weighted by molar-refractivity contribution is -0.118. The zero-order valence-electron chi connectivity index (χ0n) is 20.1. The van der Waals surface area contributed by atoms with Crippen molar-refractivity contribution in [2.75, 3.05) is 12.3 Å². The van der Waals surface area contributed by atoms with Crippen LogP contribution in [0.5, 0.6) is 0 Å². The van der Waals surface area contributed by atoms with Crippen LogP contribution in [0.2, 0.25) is 0 Å². The number of carbonyl (C=O) groups excluding carboxylic acids is 1. The van der Waals surface area contributed by atoms with Gasteiger partial charge in [0.25, 0.3) is 0 Å². The summed E-state index contributed by atoms with van der Waals surface area (Å²) in [5.41, 5.74) is 6.54. The van der Waals surface area contributed by atoms with Gasteiger partial charge >= 0.3 is 0 Å². The quantitative estimate of drug-likeness (QED) is 0.282. The summed E-state index contributed by atoms with van der Waals surface area (Å²) in [6, 6.07) is 18.4. The highest BCUT2D eigenvalue weighted by Gasteiger charge is 2.17. The van der Waals surface area contributed by atoms with Crippen molar-refractivity contribution in [3.63, 3.8) is 0 Å². The van der Waals surface area contributed by atoms with Crippen LogP contribution in [0.1, 0.15) is 28.9 Å². The number of amides is 1. The summed E-state index contributed by atoms with van der Waals surface area (Å²) < 4.78 is 4.01. The van der Waals surface area contributed by atoms with E-state index in [0.29, 0.717) is 11.7 Å². The number of aromatic nitrogens is 5. The van der Waals surface area contributed by atoms with Crippen molar-refractivity contribution in [2.24, 2.45) is 0 Å². The van der Waals surface area contributed by atoms with E-state index in [4.69, 9.17) is 0 Å². The Morgan fingerprint density at radius 3 is 2.47 bits per heavy atom. The van der Waals surface area contributed by atoms with E-state index in [9.17, 15) is 4.79 Å². The molecule has 2 aromatic heterocycles. The summed E-state index contributed by atoms with van der Waals surface area (Å²) in [7, 11) is 0. The molecular formula is C26H30N6OS. The minimum Gasteiger partial charge on any atom is -0.355 e. The van der Waals surface area contributed by atoms with Crippen molar-refractivity contribution in [1.82, 2.24) is 29.9 Å². The summed E-state index contributed by atoms with van der Waals surface area (Å²) in [6.45, 7) is 9.62. The average Bonchev–Trinajstić information content (AvgIpc) is 3.40. The van der Waals surface area contributed by atoms with Crippen molar-refractivity contribution >= 4 is 17.7 Å². The lowest BCUT2D eigenvalue weighted by Gasteiger charge is -2.12. The van der Waals surface area contributed by atoms with E-state index in [1.54, 1.807) is 0 Å². The second-order valence-corrected chi connectivity index (χ2v) is 9.36. The van der Waals surface area contributed by atoms with Crippen LogP contribution in [0.25, 0.3) is 17.1 Å². The van der Waals surface area contributed by atoms with Crippen LogP contribution < -0.4 is 5.32 Å². The van der Waals surface area contributed by atoms with Gasteiger partial charge in [-0.1, -0.05) is 48.2 Å². The Hall–Kier alpha value is -3.39. The Labute approximate surface area is 204 Å². The molecule has 0 aliphatic heterocycles. The molecule has 1 amide bonds. The smallest absolute Gasteiger partial charge is 0.230 e. The van der Waals surface area contributed by atoms with Gasteiger partial charge in [0.15, 0.2) is 11.0 Å². The molecule has 0 atom stereocenters. The highest BCUT2D eigenvalue weighted by Crippen LogP contribution is 2.28. The molecule has 2 aromatic carbocycles. The van der Waals surface area contributed by atoms with Gasteiger partial charge in [-0.15, -0.1) is 10.2 Å². The van der Waals surface area contributed by atoms with Gasteiger partial charge in [0.2, 0.25) is 5.91 Å². The lowest BCUT2D eigenvalue weighted by atomic mass is 10.1. The van der Waals surface area contributed by atoms with Gasteiger partial charge in [-0.05, 0) is 63.4 Å². The topological polar surface area (TPSA) is 77.6 Å². The number of carbonyl (C=O) groups is 1. The van der Waals surface area contributed by atoms with Gasteiger partial charge < -0.3 is 5.32 Å². The Kier molecular flexibility index (Phi) is 7.47. The van der Waals surface area contributed by atoms with Crippen molar-refractivity contribution in [3.8, 4) is 17.1 Å². The third-order valence-electron chi connectivity index (χ3n) is 5.72. The van der Waals surface area contributed by atoms with E-state index in [2.05, 4.69) is 58.7 Å². The molecule has 1 N–H and O–H groups in total. The van der Waals surface area contributed by atoms with E-state index in [0.717, 1.165) is 41.4 Å². The molecule has 4 rings (SSSR count). The van der Waals surface area contributed by atoms with E-state index in [1.165, 1.54) is 22.9 Å². The number of rotatable bonds is 9. The van der Waals surface area contributed by atoms with Crippen LogP contribution in [0.4, 0.5) is 0 Å². The van der Waals surface area contributed by atoms with Gasteiger partial charge in [-0.3, -0.25) is 14.0 Å². The summed E-state index contributed by atoms with van der Waals surface area (Å²) >= 11 is 1.40. The lowest BCUT2D eigenvalue weighted by Crippen LogP contribution is -2.27. The highest BCUT2D eigenvalue weighted by molar-refractivity contribution is 7.99. The highest BCUT2D eigenvalue weighted by atomic mass is 32.2. The van der Waals surface area contributed by atoms with Crippen LogP contribution in [0, 0.1) is 27.7 Å². The first-order chi connectivity index (χ1) is 16.4. The van der Waals surface area contributed by atoms with E-state index in [1.807, 2.05) is 53.4 Å². The molecule has 0 aliphatic carbocycles. The van der Waals surface area contributed by atoms with Crippen LogP contribution in [-0.2, 0) is 11.3 Å². The molecular weight excluding hydrogens is 444 g/mol. The summed E-state index contributed by atoms with van der Waals surface area (Å²) in [4.78, 5) is 12.5. The van der Waals surface area contributed by atoms with Crippen molar-refractivity contribution in [3.05, 3.63) is 77.1 Å². The molecule has 0 unspecified atom stereocenters. The van der Waals surface area contributed by atoms with Gasteiger partial charge in [0.1, 0.15) is 0 Å². The Morgan fingerprint density at radius 2 is 1.76 bits per heavy atom. The predicted molar refractivity (Wildman–Crippen MR) is 136 cm³/mol. The zero-order valence-corrected chi connectivity index (χ0v) is 20.9. The maximum absolute atomic E-state index is 12.5. The molecule has 176 valence electrons. The SMILES string of the molecule is Cc1cc(C)n(CCCNC(=O)CSc2nnc(-c3ccccc3)n2-c2ccc(C)c(C)c2)n1. The number of aryl methyl sites for hydroxylation is 5. The summed E-state index contributed by atoms with van der Waals surface area (Å²) in [6.07, 6.45) is 0.829. The number of nitrogens with zero attached hydrogens (tertiary/aromatic N) is 5. The summed E-state index contributed by atoms with van der Waals surface area (Å²) in [5.74, 6) is 1.02. The molecule has 0 aliphatic rings. The fourth-order valence-electron chi connectivity index (χ4n) is 3.77. The maximum atomic E-state index is 12.5. The van der Waals surface area contributed by atoms with Crippen molar-refractivity contribution in [2.45, 2.75) is 45.8 Å². The Morgan fingerprint density at radius 1 is 0.971 bits per heavy atom. The Bertz CT molecular complexity index is 1280. The molecule has 34 heavy (non-hydrogen) atoms. The number of hydrogen-bond donors (Lipinski definition) is 1. The molecule has 8 heteroatoms. The fourth-order valence-corrected chi connectivity index (χ4v) is 4.56. The largest absolute Gasteiger partial charge is 0.355 e. The van der Waals surface area contributed by atoms with Crippen molar-refractivity contribution < 1.29 is 4.79 Å². The second-order valence-electron chi connectivity index (χ2n) is 8.42. The molecule has 0 radical (unpaired) electrons. The van der Waals surface area contributed by atoms with Gasteiger partial charge in [-0.2, -0.15) is 5.10 Å². The molecule has 0 bridgehead atoms. The maximum Gasteiger partial charge on any atom is 0.230 e. The van der Waals surface area contributed by atoms with Crippen LogP contribution in [-0.4, -0.2) is 42.7 Å². The summed E-state index contributed by atoms with van der Waals surface area (Å²) in [5, 5.41) is 17.0. The molecule has 0 saturated carbocycles. The number of hydrogen-bond acceptors (Lipinski definition) is 5. The zero-order chi connectivity index (χ0) is 24.1. The molecule has 2 heterocycles. The van der Waals surface area contributed by atoms with Crippen LogP contribution in [0.3, 0.4) is 0 Å².